The van der Waals surface area contributed by atoms with Crippen LogP contribution in [0, 0.1) is 11.3 Å². The molecule has 0 aliphatic carbocycles. The van der Waals surface area contributed by atoms with E-state index in [0.717, 1.165) is 29.5 Å². The topological polar surface area (TPSA) is 49.8 Å². The number of thioether (sulfide) groups is 1. The van der Waals surface area contributed by atoms with Gasteiger partial charge in [0.2, 0.25) is 0 Å². The van der Waals surface area contributed by atoms with Gasteiger partial charge in [0.25, 0.3) is 0 Å². The highest BCUT2D eigenvalue weighted by Gasteiger charge is 2.15. The second-order valence-corrected chi connectivity index (χ2v) is 6.26. The number of hydrogen-bond acceptors (Lipinski definition) is 3. The highest BCUT2D eigenvalue weighted by Crippen LogP contribution is 2.27. The monoisotopic (exact) mass is 312 g/mol. The molecule has 0 radical (unpaired) electrons. The summed E-state index contributed by atoms with van der Waals surface area (Å²) >= 11 is 5.36. The third-order valence-electron chi connectivity index (χ3n) is 2.44. The first kappa shape index (κ1) is 14.6. The average Bonchev–Trinajstić information content (AvgIpc) is 2.31. The van der Waals surface area contributed by atoms with E-state index < -0.39 is 5.54 Å². The molecule has 0 saturated carbocycles. The maximum absolute atomic E-state index is 8.78. The molecule has 4 heteroatoms. The maximum Gasteiger partial charge on any atom is 0.101 e. The summed E-state index contributed by atoms with van der Waals surface area (Å²) in [5.74, 6) is 1.06. The van der Waals surface area contributed by atoms with Gasteiger partial charge < -0.3 is 5.73 Å². The predicted molar refractivity (Wildman–Crippen MR) is 76.9 cm³/mol. The molecule has 1 unspecified atom stereocenters. The molecule has 0 spiro atoms. The van der Waals surface area contributed by atoms with E-state index in [1.807, 2.05) is 23.9 Å². The third-order valence-corrected chi connectivity index (χ3v) is 4.55. The quantitative estimate of drug-likeness (QED) is 0.639. The lowest BCUT2D eigenvalue weighted by molar-refractivity contribution is 0.519. The number of nitriles is 1. The fraction of sp³-hybridized carbons (Fsp3) is 0.462. The van der Waals surface area contributed by atoms with Crippen LogP contribution >= 0.6 is 27.7 Å². The van der Waals surface area contributed by atoms with Gasteiger partial charge in [0.15, 0.2) is 0 Å². The number of nitrogens with two attached hydrogens (primary N) is 1. The van der Waals surface area contributed by atoms with Gasteiger partial charge in [0, 0.05) is 9.37 Å². The van der Waals surface area contributed by atoms with Crippen molar-refractivity contribution in [3.63, 3.8) is 0 Å². The van der Waals surface area contributed by atoms with E-state index in [4.69, 9.17) is 11.0 Å². The molecule has 1 atom stereocenters. The number of nitrogens with zero attached hydrogens (tertiary/aromatic N) is 1. The van der Waals surface area contributed by atoms with Crippen LogP contribution in [-0.2, 0) is 0 Å². The number of unbranched alkanes of at least 4 members (excludes halogenated alkanes) is 1. The number of rotatable bonds is 6. The second kappa shape index (κ2) is 7.05. The smallest absolute Gasteiger partial charge is 0.101 e. The van der Waals surface area contributed by atoms with Crippen molar-refractivity contribution in [3.8, 4) is 6.07 Å². The van der Waals surface area contributed by atoms with Gasteiger partial charge >= 0.3 is 0 Å². The maximum atomic E-state index is 8.78. The van der Waals surface area contributed by atoms with Crippen molar-refractivity contribution in [1.29, 1.82) is 5.26 Å². The zero-order valence-corrected chi connectivity index (χ0v) is 12.4. The van der Waals surface area contributed by atoms with Gasteiger partial charge in [-0.15, -0.1) is 11.8 Å². The van der Waals surface area contributed by atoms with Crippen LogP contribution in [0.2, 0.25) is 0 Å². The third kappa shape index (κ3) is 5.58. The standard InChI is InChI=1S/C13H17BrN2S/c1-13(16,10-15)8-4-5-9-17-12-7-3-2-6-11(12)14/h2-3,6-7H,4-5,8-9,16H2,1H3. The van der Waals surface area contributed by atoms with Crippen LogP contribution < -0.4 is 5.73 Å². The summed E-state index contributed by atoms with van der Waals surface area (Å²) in [7, 11) is 0. The van der Waals surface area contributed by atoms with E-state index in [0.29, 0.717) is 0 Å². The van der Waals surface area contributed by atoms with Crippen LogP contribution in [0.1, 0.15) is 26.2 Å². The van der Waals surface area contributed by atoms with Crippen LogP contribution in [0.4, 0.5) is 0 Å². The van der Waals surface area contributed by atoms with Crippen molar-refractivity contribution in [2.24, 2.45) is 5.73 Å². The van der Waals surface area contributed by atoms with Gasteiger partial charge in [-0.2, -0.15) is 5.26 Å². The predicted octanol–water partition coefficient (Wildman–Crippen LogP) is 3.95. The lowest BCUT2D eigenvalue weighted by Crippen LogP contribution is -2.33. The molecule has 0 aliphatic heterocycles. The van der Waals surface area contributed by atoms with Gasteiger partial charge in [-0.1, -0.05) is 12.1 Å². The van der Waals surface area contributed by atoms with E-state index in [-0.39, 0.29) is 0 Å². The van der Waals surface area contributed by atoms with E-state index in [1.165, 1.54) is 4.90 Å². The minimum atomic E-state index is -0.669. The number of hydrogen-bond donors (Lipinski definition) is 1. The summed E-state index contributed by atoms with van der Waals surface area (Å²) in [6.07, 6.45) is 2.85. The Morgan fingerprint density at radius 3 is 2.76 bits per heavy atom. The first-order chi connectivity index (χ1) is 8.05. The van der Waals surface area contributed by atoms with Crippen molar-refractivity contribution >= 4 is 27.7 Å². The molecule has 1 aromatic rings. The van der Waals surface area contributed by atoms with Crippen molar-refractivity contribution in [2.45, 2.75) is 36.6 Å². The van der Waals surface area contributed by atoms with Crippen molar-refractivity contribution < 1.29 is 0 Å². The van der Waals surface area contributed by atoms with E-state index >= 15 is 0 Å². The molecule has 92 valence electrons. The summed E-state index contributed by atoms with van der Waals surface area (Å²) in [5, 5.41) is 8.78. The highest BCUT2D eigenvalue weighted by molar-refractivity contribution is 9.10. The Balaban J connectivity index is 2.22. The molecular formula is C13H17BrN2S. The Kier molecular flexibility index (Phi) is 6.04. The van der Waals surface area contributed by atoms with Crippen molar-refractivity contribution in [3.05, 3.63) is 28.7 Å². The summed E-state index contributed by atoms with van der Waals surface area (Å²) in [4.78, 5) is 1.27. The molecule has 1 rings (SSSR count). The lowest BCUT2D eigenvalue weighted by atomic mass is 9.99. The Hall–Kier alpha value is -0.500. The van der Waals surface area contributed by atoms with Crippen molar-refractivity contribution in [2.75, 3.05) is 5.75 Å². The average molecular weight is 313 g/mol. The second-order valence-electron chi connectivity index (χ2n) is 4.27. The van der Waals surface area contributed by atoms with E-state index in [9.17, 15) is 0 Å². The molecular weight excluding hydrogens is 296 g/mol. The van der Waals surface area contributed by atoms with Crippen molar-refractivity contribution in [1.82, 2.24) is 0 Å². The molecule has 0 aliphatic rings. The van der Waals surface area contributed by atoms with Crippen LogP contribution in [0.15, 0.2) is 33.6 Å². The van der Waals surface area contributed by atoms with Gasteiger partial charge in [-0.3, -0.25) is 0 Å². The van der Waals surface area contributed by atoms with Crippen LogP contribution in [-0.4, -0.2) is 11.3 Å². The van der Waals surface area contributed by atoms with Gasteiger partial charge in [-0.05, 0) is 60.0 Å². The molecule has 0 amide bonds. The van der Waals surface area contributed by atoms with E-state index in [2.05, 4.69) is 34.1 Å². The zero-order valence-electron chi connectivity index (χ0n) is 9.95. The highest BCUT2D eigenvalue weighted by atomic mass is 79.9. The van der Waals surface area contributed by atoms with Gasteiger partial charge in [-0.25, -0.2) is 0 Å². The number of benzene rings is 1. The summed E-state index contributed by atoms with van der Waals surface area (Å²) < 4.78 is 1.14. The van der Waals surface area contributed by atoms with Crippen LogP contribution in [0.3, 0.4) is 0 Å². The first-order valence-electron chi connectivity index (χ1n) is 5.62. The Labute approximate surface area is 116 Å². The summed E-state index contributed by atoms with van der Waals surface area (Å²) in [6, 6.07) is 10.3. The minimum Gasteiger partial charge on any atom is -0.314 e. The molecule has 0 saturated heterocycles. The summed E-state index contributed by atoms with van der Waals surface area (Å²) in [6.45, 7) is 1.79. The number of halogens is 1. The van der Waals surface area contributed by atoms with Gasteiger partial charge in [0.1, 0.15) is 5.54 Å². The SMILES string of the molecule is CC(N)(C#N)CCCCSc1ccccc1Br. The Morgan fingerprint density at radius 2 is 2.12 bits per heavy atom. The zero-order chi connectivity index (χ0) is 12.7. The summed E-state index contributed by atoms with van der Waals surface area (Å²) in [5.41, 5.74) is 5.09. The van der Waals surface area contributed by atoms with Crippen LogP contribution in [0.25, 0.3) is 0 Å². The Morgan fingerprint density at radius 1 is 1.41 bits per heavy atom. The first-order valence-corrected chi connectivity index (χ1v) is 7.40. The molecule has 17 heavy (non-hydrogen) atoms. The molecule has 0 aromatic heterocycles. The molecule has 1 aromatic carbocycles. The van der Waals surface area contributed by atoms with Crippen LogP contribution in [0.5, 0.6) is 0 Å². The molecule has 0 bridgehead atoms. The molecule has 0 fully saturated rings. The molecule has 2 nitrogen and oxygen atoms in total. The lowest BCUT2D eigenvalue weighted by Gasteiger charge is -2.14. The molecule has 2 N–H and O–H groups in total. The fourth-order valence-corrected chi connectivity index (χ4v) is 2.97. The largest absolute Gasteiger partial charge is 0.314 e. The Bertz CT molecular complexity index is 399. The van der Waals surface area contributed by atoms with E-state index in [1.54, 1.807) is 6.92 Å². The fourth-order valence-electron chi connectivity index (χ4n) is 1.39. The molecule has 0 heterocycles. The normalized spacial score (nSPS) is 14.0. The van der Waals surface area contributed by atoms with Gasteiger partial charge in [0.05, 0.1) is 6.07 Å². The minimum absolute atomic E-state index is 0.669.